The minimum absolute atomic E-state index is 0.177. The van der Waals surface area contributed by atoms with E-state index < -0.39 is 6.17 Å². The Morgan fingerprint density at radius 3 is 1.75 bits per heavy atom. The van der Waals surface area contributed by atoms with Gasteiger partial charge in [0, 0.05) is 38.2 Å². The molecule has 1 atom stereocenters. The number of nitrogens with two attached hydrogens (primary N) is 1. The molecule has 9 aromatic carbocycles. The van der Waals surface area contributed by atoms with Crippen LogP contribution in [0.15, 0.2) is 203 Å². The average molecular weight is 813 g/mol. The van der Waals surface area contributed by atoms with Crippen molar-refractivity contribution in [1.82, 2.24) is 5.32 Å². The van der Waals surface area contributed by atoms with Crippen LogP contribution in [-0.4, -0.2) is 0 Å². The Kier molecular flexibility index (Phi) is 8.53. The fourth-order valence-corrected chi connectivity index (χ4v) is 10.0. The molecule has 3 N–H and O–H groups in total. The van der Waals surface area contributed by atoms with Crippen LogP contribution in [0.2, 0.25) is 0 Å². The van der Waals surface area contributed by atoms with Crippen molar-refractivity contribution >= 4 is 60.3 Å². The van der Waals surface area contributed by atoms with Crippen molar-refractivity contribution in [3.05, 3.63) is 222 Å². The van der Waals surface area contributed by atoms with Crippen molar-refractivity contribution in [3.8, 4) is 33.4 Å². The Bertz CT molecular complexity index is 3490. The summed E-state index contributed by atoms with van der Waals surface area (Å²) in [6, 6.07) is 67.2. The first-order valence-corrected chi connectivity index (χ1v) is 21.8. The van der Waals surface area contributed by atoms with Crippen molar-refractivity contribution in [2.75, 3.05) is 0 Å². The maximum Gasteiger partial charge on any atom is 0.135 e. The van der Waals surface area contributed by atoms with Crippen LogP contribution in [0, 0.1) is 0 Å². The number of hydrogen-bond donors (Lipinski definition) is 2. The molecule has 0 saturated carbocycles. The van der Waals surface area contributed by atoms with Gasteiger partial charge in [-0.3, -0.25) is 0 Å². The van der Waals surface area contributed by atoms with Crippen LogP contribution in [0.4, 0.5) is 0 Å². The molecule has 1 unspecified atom stereocenters. The molecule has 0 amide bonds. The Morgan fingerprint density at radius 1 is 0.524 bits per heavy atom. The predicted octanol–water partition coefficient (Wildman–Crippen LogP) is 15.1. The van der Waals surface area contributed by atoms with Crippen LogP contribution in [0.3, 0.4) is 0 Å². The summed E-state index contributed by atoms with van der Waals surface area (Å²) in [6.07, 6.45) is 2.58. The standard InChI is InChI=1S/C59H44N2O2/c1-59(2)50-20-12-19-46(57(50)49-34-38-15-6-7-16-39(38)35-51(49)59)52(61-58(60)37-13-4-3-5-14-37)26-23-36-29-42(40-24-27-55-47(32-40)44-17-8-10-21-53(44)62-55)31-43(30-36)41-25-28-56-48(33-41)45-18-9-11-22-54(45)63-56/h3-22,24-35,58,61H,23,60H2,1-2H3/b52-26-. The minimum Gasteiger partial charge on any atom is -0.456 e. The molecule has 0 saturated heterocycles. The van der Waals surface area contributed by atoms with Gasteiger partial charge in [0.15, 0.2) is 0 Å². The van der Waals surface area contributed by atoms with Crippen LogP contribution in [0.25, 0.3) is 93.7 Å². The van der Waals surface area contributed by atoms with E-state index in [4.69, 9.17) is 14.6 Å². The van der Waals surface area contributed by atoms with Crippen molar-refractivity contribution in [1.29, 1.82) is 0 Å². The van der Waals surface area contributed by atoms with Gasteiger partial charge in [0.1, 0.15) is 28.5 Å². The molecule has 12 rings (SSSR count). The van der Waals surface area contributed by atoms with Gasteiger partial charge in [-0.2, -0.15) is 0 Å². The first kappa shape index (κ1) is 37.1. The molecule has 2 aromatic heterocycles. The van der Waals surface area contributed by atoms with E-state index in [0.29, 0.717) is 6.42 Å². The summed E-state index contributed by atoms with van der Waals surface area (Å²) < 4.78 is 12.5. The van der Waals surface area contributed by atoms with Crippen molar-refractivity contribution in [2.45, 2.75) is 31.8 Å². The molecule has 2 heterocycles. The molecule has 302 valence electrons. The highest BCUT2D eigenvalue weighted by Gasteiger charge is 2.37. The van der Waals surface area contributed by atoms with Crippen LogP contribution >= 0.6 is 0 Å². The minimum atomic E-state index is -0.422. The van der Waals surface area contributed by atoms with Crippen LogP contribution in [0.5, 0.6) is 0 Å². The SMILES string of the molecule is CC1(C)c2cc3ccccc3cc2-c2c(/C(=C/Cc3cc(-c4ccc5oc6ccccc6c5c4)cc(-c4ccc5oc6ccccc6c5c4)c3)NC(N)c3ccccc3)cccc21. The van der Waals surface area contributed by atoms with E-state index in [1.54, 1.807) is 0 Å². The number of allylic oxidation sites excluding steroid dienone is 1. The third-order valence-corrected chi connectivity index (χ3v) is 13.3. The third-order valence-electron chi connectivity index (χ3n) is 13.3. The average Bonchev–Trinajstić information content (AvgIpc) is 3.96. The van der Waals surface area contributed by atoms with Gasteiger partial charge >= 0.3 is 0 Å². The monoisotopic (exact) mass is 812 g/mol. The highest BCUT2D eigenvalue weighted by molar-refractivity contribution is 6.08. The molecular formula is C59H44N2O2. The zero-order valence-electron chi connectivity index (χ0n) is 35.2. The normalized spacial score (nSPS) is 13.9. The van der Waals surface area contributed by atoms with Gasteiger partial charge in [-0.1, -0.05) is 153 Å². The number of fused-ring (bicyclic) bond motifs is 10. The summed E-state index contributed by atoms with van der Waals surface area (Å²) in [5, 5.41) is 10.8. The van der Waals surface area contributed by atoms with Crippen LogP contribution < -0.4 is 11.1 Å². The summed E-state index contributed by atoms with van der Waals surface area (Å²) in [6.45, 7) is 4.70. The Hall–Kier alpha value is -7.66. The first-order chi connectivity index (χ1) is 30.9. The quantitative estimate of drug-likeness (QED) is 0.150. The Morgan fingerprint density at radius 2 is 1.10 bits per heavy atom. The summed E-state index contributed by atoms with van der Waals surface area (Å²) >= 11 is 0. The lowest BCUT2D eigenvalue weighted by Gasteiger charge is -2.23. The van der Waals surface area contributed by atoms with E-state index in [2.05, 4.69) is 171 Å². The van der Waals surface area contributed by atoms with Gasteiger partial charge in [-0.15, -0.1) is 0 Å². The number of para-hydroxylation sites is 2. The van der Waals surface area contributed by atoms with Crippen LogP contribution in [-0.2, 0) is 11.8 Å². The Balaban J connectivity index is 1.03. The topological polar surface area (TPSA) is 64.3 Å². The van der Waals surface area contributed by atoms with E-state index in [9.17, 15) is 0 Å². The largest absolute Gasteiger partial charge is 0.456 e. The molecule has 0 radical (unpaired) electrons. The van der Waals surface area contributed by atoms with E-state index in [1.807, 2.05) is 42.5 Å². The van der Waals surface area contributed by atoms with Gasteiger partial charge in [0.2, 0.25) is 0 Å². The molecule has 0 aliphatic heterocycles. The summed E-state index contributed by atoms with van der Waals surface area (Å²) in [4.78, 5) is 0. The molecule has 0 fully saturated rings. The third kappa shape index (κ3) is 6.25. The summed E-state index contributed by atoms with van der Waals surface area (Å²) in [5.41, 5.74) is 24.5. The van der Waals surface area contributed by atoms with E-state index in [1.165, 1.54) is 38.6 Å². The summed E-state index contributed by atoms with van der Waals surface area (Å²) in [5.74, 6) is 0. The fourth-order valence-electron chi connectivity index (χ4n) is 10.0. The second-order valence-electron chi connectivity index (χ2n) is 17.5. The van der Waals surface area contributed by atoms with Crippen molar-refractivity contribution in [3.63, 3.8) is 0 Å². The maximum atomic E-state index is 7.05. The van der Waals surface area contributed by atoms with Gasteiger partial charge in [-0.05, 0) is 127 Å². The summed E-state index contributed by atoms with van der Waals surface area (Å²) in [7, 11) is 0. The molecule has 4 heteroatoms. The lowest BCUT2D eigenvalue weighted by atomic mass is 9.81. The zero-order chi connectivity index (χ0) is 42.2. The van der Waals surface area contributed by atoms with E-state index >= 15 is 0 Å². The molecule has 63 heavy (non-hydrogen) atoms. The fraction of sp³-hybridized carbons (Fsp3) is 0.0847. The molecule has 1 aliphatic rings. The second kappa shape index (κ2) is 14.5. The van der Waals surface area contributed by atoms with Crippen molar-refractivity contribution in [2.24, 2.45) is 5.73 Å². The second-order valence-corrected chi connectivity index (χ2v) is 17.5. The Labute approximate surface area is 365 Å². The first-order valence-electron chi connectivity index (χ1n) is 21.8. The van der Waals surface area contributed by atoms with Gasteiger partial charge in [-0.25, -0.2) is 0 Å². The van der Waals surface area contributed by atoms with E-state index in [0.717, 1.165) is 83.0 Å². The number of rotatable bonds is 8. The highest BCUT2D eigenvalue weighted by Crippen LogP contribution is 2.52. The molecule has 0 bridgehead atoms. The molecule has 0 spiro atoms. The molecule has 4 nitrogen and oxygen atoms in total. The van der Waals surface area contributed by atoms with Gasteiger partial charge < -0.3 is 19.9 Å². The highest BCUT2D eigenvalue weighted by atomic mass is 16.3. The number of hydrogen-bond acceptors (Lipinski definition) is 4. The van der Waals surface area contributed by atoms with Gasteiger partial charge in [0.05, 0.1) is 0 Å². The van der Waals surface area contributed by atoms with Gasteiger partial charge in [0.25, 0.3) is 0 Å². The molecule has 1 aliphatic carbocycles. The maximum absolute atomic E-state index is 7.05. The number of nitrogens with one attached hydrogen (secondary N) is 1. The number of furan rings is 2. The molecule has 11 aromatic rings. The number of benzene rings is 9. The van der Waals surface area contributed by atoms with E-state index in [-0.39, 0.29) is 5.41 Å². The predicted molar refractivity (Wildman–Crippen MR) is 262 cm³/mol. The lowest BCUT2D eigenvalue weighted by molar-refractivity contribution is 0.659. The lowest BCUT2D eigenvalue weighted by Crippen LogP contribution is -2.28. The van der Waals surface area contributed by atoms with Crippen molar-refractivity contribution < 1.29 is 8.83 Å². The zero-order valence-corrected chi connectivity index (χ0v) is 35.2. The van der Waals surface area contributed by atoms with Crippen LogP contribution in [0.1, 0.15) is 47.8 Å². The molecular weight excluding hydrogens is 769 g/mol. The smallest absolute Gasteiger partial charge is 0.135 e.